The average Bonchev–Trinajstić information content (AvgIpc) is 2.79. The molecule has 2 amide bonds. The summed E-state index contributed by atoms with van der Waals surface area (Å²) < 4.78 is 1.69. The first-order chi connectivity index (χ1) is 15.8. The number of hydrogen-bond donors (Lipinski definition) is 2. The minimum absolute atomic E-state index is 0.0121. The number of carbonyl (C=O) groups is 3. The smallest absolute Gasteiger partial charge is 0.290 e. The molecule has 9 heteroatoms. The summed E-state index contributed by atoms with van der Waals surface area (Å²) in [6, 6.07) is 6.04. The monoisotopic (exact) mass is 460 g/mol. The van der Waals surface area contributed by atoms with E-state index in [0.717, 1.165) is 31.7 Å². The fourth-order valence-electron chi connectivity index (χ4n) is 5.92. The highest BCUT2D eigenvalue weighted by atomic mass is 16.3. The van der Waals surface area contributed by atoms with Crippen LogP contribution in [0.25, 0.3) is 0 Å². The maximum atomic E-state index is 13.1. The minimum atomic E-state index is -0.250. The van der Waals surface area contributed by atoms with Crippen molar-refractivity contribution in [1.29, 1.82) is 0 Å². The predicted octanol–water partition coefficient (Wildman–Crippen LogP) is 1.09. The van der Waals surface area contributed by atoms with Crippen LogP contribution in [0.4, 0.5) is 0 Å². The van der Waals surface area contributed by atoms with Gasteiger partial charge in [-0.1, -0.05) is 12.5 Å². The van der Waals surface area contributed by atoms with Crippen molar-refractivity contribution in [2.24, 2.45) is 11.8 Å². The van der Waals surface area contributed by atoms with Gasteiger partial charge in [-0.05, 0) is 50.6 Å². The molecule has 3 aliphatic rings. The van der Waals surface area contributed by atoms with E-state index in [1.54, 1.807) is 23.6 Å². The number of pyridine rings is 1. The zero-order chi connectivity index (χ0) is 24.0. The SMILES string of the molecule is CC(=O)NC[C@H]1[C@H]2C[C@H](CN(C(=O)CCn3c(C)cccc3=O)C2)[C@@H]2CCCCN21.O=CO. The molecule has 1 aromatic heterocycles. The Morgan fingerprint density at radius 1 is 1.21 bits per heavy atom. The lowest BCUT2D eigenvalue weighted by Gasteiger charge is -2.56. The summed E-state index contributed by atoms with van der Waals surface area (Å²) >= 11 is 0. The van der Waals surface area contributed by atoms with Crippen molar-refractivity contribution in [3.63, 3.8) is 0 Å². The van der Waals surface area contributed by atoms with Crippen molar-refractivity contribution < 1.29 is 19.5 Å². The number of likely N-dealkylation sites (tertiary alicyclic amines) is 1. The zero-order valence-corrected chi connectivity index (χ0v) is 19.6. The van der Waals surface area contributed by atoms with Gasteiger partial charge >= 0.3 is 0 Å². The lowest BCUT2D eigenvalue weighted by atomic mass is 9.72. The minimum Gasteiger partial charge on any atom is -0.483 e. The Kier molecular flexibility index (Phi) is 8.66. The molecule has 4 atom stereocenters. The summed E-state index contributed by atoms with van der Waals surface area (Å²) in [7, 11) is 0. The third-order valence-electron chi connectivity index (χ3n) is 7.35. The second-order valence-electron chi connectivity index (χ2n) is 9.37. The van der Waals surface area contributed by atoms with Gasteiger partial charge in [-0.15, -0.1) is 0 Å². The van der Waals surface area contributed by atoms with Crippen molar-refractivity contribution in [3.05, 3.63) is 34.2 Å². The molecule has 0 unspecified atom stereocenters. The molecule has 4 rings (SSSR count). The molecular weight excluding hydrogens is 424 g/mol. The molecule has 3 aliphatic heterocycles. The highest BCUT2D eigenvalue weighted by Crippen LogP contribution is 2.41. The molecule has 1 aromatic rings. The van der Waals surface area contributed by atoms with E-state index in [1.165, 1.54) is 19.3 Å². The molecule has 0 spiro atoms. The van der Waals surface area contributed by atoms with Crippen LogP contribution in [0, 0.1) is 18.8 Å². The first kappa shape index (κ1) is 25.0. The molecule has 2 N–H and O–H groups in total. The topological polar surface area (TPSA) is 112 Å². The van der Waals surface area contributed by atoms with Gasteiger partial charge in [0, 0.05) is 63.4 Å². The van der Waals surface area contributed by atoms with Crippen molar-refractivity contribution in [1.82, 2.24) is 19.7 Å². The number of amides is 2. The summed E-state index contributed by atoms with van der Waals surface area (Å²) in [5.41, 5.74) is 0.838. The van der Waals surface area contributed by atoms with Crippen molar-refractivity contribution in [2.45, 2.75) is 64.6 Å². The molecule has 2 bridgehead atoms. The molecule has 4 heterocycles. The van der Waals surface area contributed by atoms with E-state index in [2.05, 4.69) is 10.2 Å². The van der Waals surface area contributed by atoms with E-state index in [1.807, 2.05) is 17.9 Å². The highest BCUT2D eigenvalue weighted by Gasteiger charge is 2.47. The van der Waals surface area contributed by atoms with Gasteiger partial charge in [0.1, 0.15) is 0 Å². The van der Waals surface area contributed by atoms with Gasteiger partial charge in [0.25, 0.3) is 12.0 Å². The van der Waals surface area contributed by atoms with Crippen molar-refractivity contribution in [3.8, 4) is 0 Å². The lowest BCUT2D eigenvalue weighted by Crippen LogP contribution is -2.66. The number of nitrogens with one attached hydrogen (secondary N) is 1. The second-order valence-corrected chi connectivity index (χ2v) is 9.37. The number of carbonyl (C=O) groups excluding carboxylic acids is 2. The van der Waals surface area contributed by atoms with Gasteiger partial charge in [-0.25, -0.2) is 0 Å². The Balaban J connectivity index is 0.000000968. The van der Waals surface area contributed by atoms with Crippen LogP contribution in [-0.2, 0) is 20.9 Å². The number of aromatic nitrogens is 1. The average molecular weight is 461 g/mol. The maximum absolute atomic E-state index is 13.1. The van der Waals surface area contributed by atoms with Gasteiger partial charge in [-0.2, -0.15) is 0 Å². The Morgan fingerprint density at radius 3 is 2.64 bits per heavy atom. The number of fused-ring (bicyclic) bond motifs is 4. The van der Waals surface area contributed by atoms with Crippen LogP contribution in [0.3, 0.4) is 0 Å². The zero-order valence-electron chi connectivity index (χ0n) is 19.6. The van der Waals surface area contributed by atoms with E-state index < -0.39 is 0 Å². The molecule has 0 saturated carbocycles. The summed E-state index contributed by atoms with van der Waals surface area (Å²) in [5, 5.41) is 9.92. The first-order valence-corrected chi connectivity index (χ1v) is 11.9. The van der Waals surface area contributed by atoms with Crippen LogP contribution < -0.4 is 10.9 Å². The summed E-state index contributed by atoms with van der Waals surface area (Å²) in [6.45, 7) is 7.01. The van der Waals surface area contributed by atoms with Gasteiger partial charge < -0.3 is 19.9 Å². The van der Waals surface area contributed by atoms with Gasteiger partial charge in [-0.3, -0.25) is 24.1 Å². The Labute approximate surface area is 194 Å². The van der Waals surface area contributed by atoms with Crippen LogP contribution in [-0.4, -0.2) is 76.0 Å². The standard InChI is InChI=1S/C23H34N4O3.CH2O2/c1-16-6-5-8-23(30)26(16)11-9-22(29)25-14-18-12-19(15-25)21(13-24-17(2)28)27-10-4-3-7-20(18)27;2-1-3/h5-6,8,18-21H,3-4,7,9-15H2,1-2H3,(H,24,28);1H,(H,2,3)/t18-,19+,20+,21+;/m1./s1. The van der Waals surface area contributed by atoms with Gasteiger partial charge in [0.15, 0.2) is 0 Å². The second kappa shape index (κ2) is 11.4. The van der Waals surface area contributed by atoms with Crippen LogP contribution in [0.2, 0.25) is 0 Å². The quantitative estimate of drug-likeness (QED) is 0.636. The lowest BCUT2D eigenvalue weighted by molar-refractivity contribution is -0.141. The van der Waals surface area contributed by atoms with E-state index in [-0.39, 0.29) is 23.8 Å². The fourth-order valence-corrected chi connectivity index (χ4v) is 5.92. The summed E-state index contributed by atoms with van der Waals surface area (Å²) in [4.78, 5) is 49.8. The van der Waals surface area contributed by atoms with Crippen LogP contribution in [0.15, 0.2) is 23.0 Å². The Hall–Kier alpha value is -2.68. The number of rotatable bonds is 5. The molecule has 182 valence electrons. The van der Waals surface area contributed by atoms with E-state index in [0.29, 0.717) is 43.4 Å². The normalized spacial score (nSPS) is 26.4. The van der Waals surface area contributed by atoms with E-state index >= 15 is 0 Å². The first-order valence-electron chi connectivity index (χ1n) is 11.9. The fraction of sp³-hybridized carbons (Fsp3) is 0.667. The third kappa shape index (κ3) is 6.01. The van der Waals surface area contributed by atoms with Crippen molar-refractivity contribution in [2.75, 3.05) is 26.2 Å². The number of piperidine rings is 3. The molecule has 33 heavy (non-hydrogen) atoms. The predicted molar refractivity (Wildman–Crippen MR) is 124 cm³/mol. The molecule has 0 aromatic carbocycles. The molecule has 3 saturated heterocycles. The number of hydrogen-bond acceptors (Lipinski definition) is 5. The third-order valence-corrected chi connectivity index (χ3v) is 7.35. The van der Waals surface area contributed by atoms with Gasteiger partial charge in [0.05, 0.1) is 0 Å². The van der Waals surface area contributed by atoms with Crippen molar-refractivity contribution >= 4 is 18.3 Å². The summed E-state index contributed by atoms with van der Waals surface area (Å²) in [6.07, 6.45) is 5.16. The number of carboxylic acid groups (broad SMARTS) is 1. The Bertz CT molecular complexity index is 901. The summed E-state index contributed by atoms with van der Waals surface area (Å²) in [5.74, 6) is 1.07. The largest absolute Gasteiger partial charge is 0.483 e. The number of nitrogens with zero attached hydrogens (tertiary/aromatic N) is 3. The van der Waals surface area contributed by atoms with Gasteiger partial charge in [0.2, 0.25) is 11.8 Å². The van der Waals surface area contributed by atoms with E-state index in [4.69, 9.17) is 9.90 Å². The molecule has 0 radical (unpaired) electrons. The van der Waals surface area contributed by atoms with Crippen LogP contribution >= 0.6 is 0 Å². The molecular formula is C24H36N4O5. The maximum Gasteiger partial charge on any atom is 0.290 e. The van der Waals surface area contributed by atoms with Crippen LogP contribution in [0.1, 0.15) is 44.7 Å². The number of aryl methyl sites for hydroxylation is 1. The Morgan fingerprint density at radius 2 is 1.94 bits per heavy atom. The molecule has 3 fully saturated rings. The molecule has 0 aliphatic carbocycles. The van der Waals surface area contributed by atoms with Crippen LogP contribution in [0.5, 0.6) is 0 Å². The molecule has 9 nitrogen and oxygen atoms in total. The highest BCUT2D eigenvalue weighted by molar-refractivity contribution is 5.76. The van der Waals surface area contributed by atoms with E-state index in [9.17, 15) is 14.4 Å².